The van der Waals surface area contributed by atoms with E-state index in [2.05, 4.69) is 21.9 Å². The van der Waals surface area contributed by atoms with Gasteiger partial charge in [0, 0.05) is 6.54 Å². The van der Waals surface area contributed by atoms with E-state index in [0.29, 0.717) is 18.7 Å². The molecule has 0 aliphatic carbocycles. The van der Waals surface area contributed by atoms with Crippen molar-refractivity contribution in [3.05, 3.63) is 12.7 Å². The molecule has 0 rings (SSSR count). The van der Waals surface area contributed by atoms with Crippen LogP contribution in [0.3, 0.4) is 0 Å². The van der Waals surface area contributed by atoms with Gasteiger partial charge in [-0.15, -0.1) is 6.58 Å². The van der Waals surface area contributed by atoms with Gasteiger partial charge in [-0.2, -0.15) is 11.8 Å². The highest BCUT2D eigenvalue weighted by molar-refractivity contribution is 7.99. The van der Waals surface area contributed by atoms with Gasteiger partial charge in [-0.1, -0.05) is 6.08 Å². The van der Waals surface area contributed by atoms with E-state index < -0.39 is 23.9 Å². The number of carbonyl (C=O) groups is 3. The summed E-state index contributed by atoms with van der Waals surface area (Å²) < 4.78 is 4.47. The molecule has 0 aliphatic rings. The average Bonchev–Trinajstić information content (AvgIpc) is 2.39. The van der Waals surface area contributed by atoms with Crippen LogP contribution in [0.15, 0.2) is 12.7 Å². The number of esters is 1. The third-order valence-corrected chi connectivity index (χ3v) is 2.96. The number of methoxy groups -OCH3 is 1. The molecule has 0 aromatic heterocycles. The highest BCUT2D eigenvalue weighted by Crippen LogP contribution is 2.04. The van der Waals surface area contributed by atoms with E-state index >= 15 is 0 Å². The second-order valence-electron chi connectivity index (χ2n) is 3.52. The molecule has 0 aliphatic heterocycles. The fourth-order valence-corrected chi connectivity index (χ4v) is 1.84. The number of carbonyl (C=O) groups excluding carboxylic acids is 3. The molecule has 4 N–H and O–H groups in total. The molecule has 0 saturated carbocycles. The summed E-state index contributed by atoms with van der Waals surface area (Å²) in [5.74, 6) is -0.236. The summed E-state index contributed by atoms with van der Waals surface area (Å²) in [7, 11) is 1.27. The summed E-state index contributed by atoms with van der Waals surface area (Å²) in [6.07, 6.45) is 1.92. The van der Waals surface area contributed by atoms with Crippen molar-refractivity contribution in [1.82, 2.24) is 10.6 Å². The minimum absolute atomic E-state index is 0.120. The summed E-state index contributed by atoms with van der Waals surface area (Å²) in [5, 5.41) is 4.57. The smallest absolute Gasteiger partial charge is 0.322 e. The van der Waals surface area contributed by atoms with Gasteiger partial charge in [-0.05, 0) is 12.2 Å². The van der Waals surface area contributed by atoms with E-state index in [-0.39, 0.29) is 5.75 Å². The van der Waals surface area contributed by atoms with E-state index in [1.54, 1.807) is 0 Å². The first-order valence-corrected chi connectivity index (χ1v) is 6.76. The SMILES string of the molecule is C=CCNC(=O)NC(=O)CSCCC(N)C(=O)OC. The molecule has 0 saturated heterocycles. The number of imide groups is 1. The predicted molar refractivity (Wildman–Crippen MR) is 73.7 cm³/mol. The molecule has 19 heavy (non-hydrogen) atoms. The third kappa shape index (κ3) is 9.09. The molecule has 3 amide bonds. The summed E-state index contributed by atoms with van der Waals surface area (Å²) >= 11 is 1.28. The molecule has 0 radical (unpaired) electrons. The van der Waals surface area contributed by atoms with Crippen LogP contribution in [0, 0.1) is 0 Å². The topological polar surface area (TPSA) is 111 Å². The molecule has 8 heteroatoms. The van der Waals surface area contributed by atoms with Crippen molar-refractivity contribution >= 4 is 29.7 Å². The first kappa shape index (κ1) is 17.5. The van der Waals surface area contributed by atoms with E-state index in [1.165, 1.54) is 24.9 Å². The second kappa shape index (κ2) is 10.4. The van der Waals surface area contributed by atoms with Crippen LogP contribution in [0.4, 0.5) is 4.79 Å². The highest BCUT2D eigenvalue weighted by Gasteiger charge is 2.13. The fraction of sp³-hybridized carbons (Fsp3) is 0.545. The number of thioether (sulfide) groups is 1. The maximum atomic E-state index is 11.3. The maximum absolute atomic E-state index is 11.3. The van der Waals surface area contributed by atoms with Crippen molar-refractivity contribution < 1.29 is 19.1 Å². The van der Waals surface area contributed by atoms with Crippen molar-refractivity contribution in [1.29, 1.82) is 0 Å². The van der Waals surface area contributed by atoms with Gasteiger partial charge in [-0.3, -0.25) is 14.9 Å². The van der Waals surface area contributed by atoms with E-state index in [0.717, 1.165) is 0 Å². The van der Waals surface area contributed by atoms with Crippen LogP contribution in [-0.2, 0) is 14.3 Å². The Balaban J connectivity index is 3.66. The Bertz CT molecular complexity index is 336. The van der Waals surface area contributed by atoms with Crippen LogP contribution in [0.2, 0.25) is 0 Å². The first-order valence-electron chi connectivity index (χ1n) is 5.61. The molecular formula is C11H19N3O4S. The van der Waals surface area contributed by atoms with Crippen LogP contribution in [0.5, 0.6) is 0 Å². The lowest BCUT2D eigenvalue weighted by molar-refractivity contribution is -0.142. The van der Waals surface area contributed by atoms with Crippen LogP contribution in [0.25, 0.3) is 0 Å². The van der Waals surface area contributed by atoms with E-state index in [1.807, 2.05) is 0 Å². The Kier molecular flexibility index (Phi) is 9.55. The third-order valence-electron chi connectivity index (χ3n) is 1.97. The van der Waals surface area contributed by atoms with E-state index in [9.17, 15) is 14.4 Å². The molecule has 0 spiro atoms. The standard InChI is InChI=1S/C11H19N3O4S/c1-3-5-13-11(17)14-9(15)7-19-6-4-8(12)10(16)18-2/h3,8H,1,4-7,12H2,2H3,(H2,13,14,15,17). The van der Waals surface area contributed by atoms with Crippen molar-refractivity contribution in [2.75, 3.05) is 25.2 Å². The number of nitrogens with two attached hydrogens (primary N) is 1. The minimum atomic E-state index is -0.684. The summed E-state index contributed by atoms with van der Waals surface area (Å²) in [4.78, 5) is 33.4. The van der Waals surface area contributed by atoms with Gasteiger partial charge < -0.3 is 15.8 Å². The van der Waals surface area contributed by atoms with Gasteiger partial charge in [0.15, 0.2) is 0 Å². The zero-order chi connectivity index (χ0) is 14.7. The quantitative estimate of drug-likeness (QED) is 0.319. The summed E-state index contributed by atoms with van der Waals surface area (Å²) in [6.45, 7) is 3.72. The van der Waals surface area contributed by atoms with Gasteiger partial charge >= 0.3 is 12.0 Å². The van der Waals surface area contributed by atoms with Crippen molar-refractivity contribution in [2.45, 2.75) is 12.5 Å². The first-order chi connectivity index (χ1) is 9.01. The summed E-state index contributed by atoms with van der Waals surface area (Å²) in [5.41, 5.74) is 5.52. The number of ether oxygens (including phenoxy) is 1. The average molecular weight is 289 g/mol. The normalized spacial score (nSPS) is 11.3. The van der Waals surface area contributed by atoms with Gasteiger partial charge in [0.1, 0.15) is 6.04 Å². The molecule has 108 valence electrons. The van der Waals surface area contributed by atoms with Crippen LogP contribution >= 0.6 is 11.8 Å². The van der Waals surface area contributed by atoms with Gasteiger partial charge in [-0.25, -0.2) is 4.79 Å². The number of hydrogen-bond acceptors (Lipinski definition) is 6. The van der Waals surface area contributed by atoms with Crippen LogP contribution in [0.1, 0.15) is 6.42 Å². The molecule has 0 aromatic carbocycles. The number of nitrogens with one attached hydrogen (secondary N) is 2. The van der Waals surface area contributed by atoms with E-state index in [4.69, 9.17) is 5.73 Å². The Hall–Kier alpha value is -1.54. The fourth-order valence-electron chi connectivity index (χ4n) is 1.02. The number of rotatable bonds is 8. The Morgan fingerprint density at radius 3 is 2.74 bits per heavy atom. The molecule has 0 bridgehead atoms. The Morgan fingerprint density at radius 2 is 2.16 bits per heavy atom. The molecule has 0 heterocycles. The van der Waals surface area contributed by atoms with Gasteiger partial charge in [0.05, 0.1) is 12.9 Å². The zero-order valence-electron chi connectivity index (χ0n) is 10.8. The van der Waals surface area contributed by atoms with Crippen molar-refractivity contribution in [3.8, 4) is 0 Å². The molecule has 1 unspecified atom stereocenters. The number of urea groups is 1. The molecule has 0 aromatic rings. The second-order valence-corrected chi connectivity index (χ2v) is 4.62. The lowest BCUT2D eigenvalue weighted by atomic mass is 10.2. The lowest BCUT2D eigenvalue weighted by Crippen LogP contribution is -2.40. The molecule has 0 fully saturated rings. The van der Waals surface area contributed by atoms with Crippen LogP contribution < -0.4 is 16.4 Å². The monoisotopic (exact) mass is 289 g/mol. The van der Waals surface area contributed by atoms with Crippen molar-refractivity contribution in [2.24, 2.45) is 5.73 Å². The Morgan fingerprint density at radius 1 is 1.47 bits per heavy atom. The largest absolute Gasteiger partial charge is 0.468 e. The lowest BCUT2D eigenvalue weighted by Gasteiger charge is -2.08. The van der Waals surface area contributed by atoms with Crippen LogP contribution in [-0.4, -0.2) is 49.1 Å². The Labute approximate surface area is 116 Å². The molecular weight excluding hydrogens is 270 g/mol. The van der Waals surface area contributed by atoms with Crippen molar-refractivity contribution in [3.63, 3.8) is 0 Å². The summed E-state index contributed by atoms with van der Waals surface area (Å²) in [6, 6.07) is -1.24. The molecule has 1 atom stereocenters. The maximum Gasteiger partial charge on any atom is 0.322 e. The minimum Gasteiger partial charge on any atom is -0.468 e. The number of hydrogen-bond donors (Lipinski definition) is 3. The molecule has 7 nitrogen and oxygen atoms in total. The predicted octanol–water partition coefficient (Wildman–Crippen LogP) is -0.378. The number of amides is 3. The highest BCUT2D eigenvalue weighted by atomic mass is 32.2. The van der Waals surface area contributed by atoms with Gasteiger partial charge in [0.2, 0.25) is 5.91 Å². The zero-order valence-corrected chi connectivity index (χ0v) is 11.6. The van der Waals surface area contributed by atoms with Gasteiger partial charge in [0.25, 0.3) is 0 Å².